The average molecular weight is 303 g/mol. The molecule has 0 fully saturated rings. The minimum Gasteiger partial charge on any atom is -0.353 e. The van der Waals surface area contributed by atoms with Gasteiger partial charge in [0.15, 0.2) is 6.04 Å². The number of nitrogens with one attached hydrogen (secondary N) is 1. The minimum atomic E-state index is 0.463. The van der Waals surface area contributed by atoms with E-state index in [1.807, 2.05) is 0 Å². The van der Waals surface area contributed by atoms with Crippen molar-refractivity contribution in [1.29, 1.82) is 0 Å². The summed E-state index contributed by atoms with van der Waals surface area (Å²) in [6.07, 6.45) is 3.69. The van der Waals surface area contributed by atoms with Gasteiger partial charge in [-0.15, -0.1) is 0 Å². The van der Waals surface area contributed by atoms with Gasteiger partial charge in [0.2, 0.25) is 0 Å². The van der Waals surface area contributed by atoms with E-state index in [0.29, 0.717) is 6.04 Å². The Balaban J connectivity index is 1.82. The standard InChI is InChI=1S/C21H23N2/c1-23-13-6-10-18-17-9-4-5-11-19(17)22-20(18)21(23)16-8-3-2-7-15(16)12-14-23/h2-5,7-9,11,21-22H,6,10,12-14H2,1H3/q+1. The summed E-state index contributed by atoms with van der Waals surface area (Å²) in [5.74, 6) is 0. The maximum atomic E-state index is 3.81. The van der Waals surface area contributed by atoms with Gasteiger partial charge in [0.05, 0.1) is 25.8 Å². The molecule has 23 heavy (non-hydrogen) atoms. The Kier molecular flexibility index (Phi) is 2.75. The molecule has 0 saturated carbocycles. The van der Waals surface area contributed by atoms with Gasteiger partial charge >= 0.3 is 0 Å². The van der Waals surface area contributed by atoms with Crippen molar-refractivity contribution in [1.82, 2.24) is 4.98 Å². The lowest BCUT2D eigenvalue weighted by molar-refractivity contribution is -0.935. The Morgan fingerprint density at radius 1 is 0.957 bits per heavy atom. The number of aromatic nitrogens is 1. The van der Waals surface area contributed by atoms with E-state index in [9.17, 15) is 0 Å². The Bertz CT molecular complexity index is 892. The Hall–Kier alpha value is -2.06. The topological polar surface area (TPSA) is 15.8 Å². The number of fused-ring (bicyclic) bond motifs is 7. The summed E-state index contributed by atoms with van der Waals surface area (Å²) in [7, 11) is 2.46. The molecule has 2 aliphatic heterocycles. The van der Waals surface area contributed by atoms with Crippen molar-refractivity contribution in [2.45, 2.75) is 25.3 Å². The van der Waals surface area contributed by atoms with Crippen LogP contribution in [0.2, 0.25) is 0 Å². The number of likely N-dealkylation sites (N-methyl/N-ethyl adjacent to an activating group) is 1. The third kappa shape index (κ3) is 1.85. The highest BCUT2D eigenvalue weighted by Gasteiger charge is 2.43. The zero-order valence-electron chi connectivity index (χ0n) is 13.7. The van der Waals surface area contributed by atoms with E-state index in [0.717, 1.165) is 4.48 Å². The Morgan fingerprint density at radius 2 is 1.78 bits per heavy atom. The van der Waals surface area contributed by atoms with Gasteiger partial charge in [-0.3, -0.25) is 0 Å². The molecule has 0 radical (unpaired) electrons. The van der Waals surface area contributed by atoms with Crippen LogP contribution < -0.4 is 0 Å². The molecule has 116 valence electrons. The molecule has 0 aliphatic carbocycles. The summed E-state index contributed by atoms with van der Waals surface area (Å²) in [6, 6.07) is 18.4. The molecule has 2 atom stereocenters. The summed E-state index contributed by atoms with van der Waals surface area (Å²) in [5, 5.41) is 1.43. The predicted octanol–water partition coefficient (Wildman–Crippen LogP) is 4.21. The number of H-pyrrole nitrogens is 1. The van der Waals surface area contributed by atoms with Crippen LogP contribution in [0.25, 0.3) is 10.9 Å². The molecule has 3 aromatic rings. The number of aromatic amines is 1. The number of nitrogens with zero attached hydrogens (tertiary/aromatic N) is 1. The first-order valence-electron chi connectivity index (χ1n) is 8.78. The van der Waals surface area contributed by atoms with E-state index in [2.05, 4.69) is 60.6 Å². The van der Waals surface area contributed by atoms with E-state index in [1.165, 1.54) is 54.5 Å². The molecule has 1 aromatic heterocycles. The fourth-order valence-electron chi connectivity index (χ4n) is 4.92. The van der Waals surface area contributed by atoms with Crippen LogP contribution in [0.4, 0.5) is 0 Å². The maximum Gasteiger partial charge on any atom is 0.156 e. The first kappa shape index (κ1) is 13.4. The Labute approximate surface area is 137 Å². The minimum absolute atomic E-state index is 0.463. The molecule has 2 unspecified atom stereocenters. The van der Waals surface area contributed by atoms with Crippen molar-refractivity contribution < 1.29 is 4.48 Å². The summed E-state index contributed by atoms with van der Waals surface area (Å²) in [6.45, 7) is 2.52. The van der Waals surface area contributed by atoms with Crippen LogP contribution in [0, 0.1) is 0 Å². The summed E-state index contributed by atoms with van der Waals surface area (Å²) >= 11 is 0. The third-order valence-electron chi connectivity index (χ3n) is 6.08. The first-order valence-corrected chi connectivity index (χ1v) is 8.78. The lowest BCUT2D eigenvalue weighted by Gasteiger charge is -2.44. The van der Waals surface area contributed by atoms with Crippen LogP contribution in [-0.2, 0) is 12.8 Å². The quantitative estimate of drug-likeness (QED) is 0.599. The number of hydrogen-bond donors (Lipinski definition) is 1. The van der Waals surface area contributed by atoms with E-state index >= 15 is 0 Å². The number of aryl methyl sites for hydroxylation is 1. The van der Waals surface area contributed by atoms with Crippen LogP contribution in [0.5, 0.6) is 0 Å². The zero-order chi connectivity index (χ0) is 15.4. The highest BCUT2D eigenvalue weighted by Crippen LogP contribution is 2.44. The van der Waals surface area contributed by atoms with Gasteiger partial charge in [-0.05, 0) is 23.6 Å². The van der Waals surface area contributed by atoms with Crippen LogP contribution in [0.15, 0.2) is 48.5 Å². The lowest BCUT2D eigenvalue weighted by Crippen LogP contribution is -2.51. The van der Waals surface area contributed by atoms with E-state index in [1.54, 1.807) is 11.1 Å². The highest BCUT2D eigenvalue weighted by molar-refractivity contribution is 5.85. The van der Waals surface area contributed by atoms with Crippen molar-refractivity contribution in [3.63, 3.8) is 0 Å². The van der Waals surface area contributed by atoms with Gasteiger partial charge in [0, 0.05) is 29.3 Å². The van der Waals surface area contributed by atoms with Crippen LogP contribution >= 0.6 is 0 Å². The average Bonchev–Trinajstić information content (AvgIpc) is 2.85. The maximum absolute atomic E-state index is 3.81. The number of quaternary nitrogens is 1. The van der Waals surface area contributed by atoms with Gasteiger partial charge in [-0.1, -0.05) is 42.5 Å². The number of rotatable bonds is 0. The SMILES string of the molecule is C[N+]12CCCc3c([nH]c4ccccc34)C1c1ccccc1CC2. The smallest absolute Gasteiger partial charge is 0.156 e. The monoisotopic (exact) mass is 303 g/mol. The number of benzene rings is 2. The molecule has 3 heterocycles. The second kappa shape index (κ2) is 4.72. The molecule has 0 spiro atoms. The highest BCUT2D eigenvalue weighted by atomic mass is 15.4. The lowest BCUT2D eigenvalue weighted by atomic mass is 9.88. The van der Waals surface area contributed by atoms with Crippen molar-refractivity contribution in [3.05, 3.63) is 70.9 Å². The second-order valence-electron chi connectivity index (χ2n) is 7.44. The number of hydrogen-bond acceptors (Lipinski definition) is 0. The van der Waals surface area contributed by atoms with Crippen molar-refractivity contribution in [3.8, 4) is 0 Å². The molecule has 0 bridgehead atoms. The number of para-hydroxylation sites is 1. The second-order valence-corrected chi connectivity index (χ2v) is 7.44. The molecular weight excluding hydrogens is 280 g/mol. The summed E-state index contributed by atoms with van der Waals surface area (Å²) in [5.41, 5.74) is 7.41. The zero-order valence-corrected chi connectivity index (χ0v) is 13.7. The molecule has 2 aromatic carbocycles. The molecule has 2 aliphatic rings. The Morgan fingerprint density at radius 3 is 2.74 bits per heavy atom. The molecule has 0 amide bonds. The van der Waals surface area contributed by atoms with Gasteiger partial charge in [-0.25, -0.2) is 0 Å². The van der Waals surface area contributed by atoms with Crippen molar-refractivity contribution in [2.24, 2.45) is 0 Å². The van der Waals surface area contributed by atoms with Crippen LogP contribution in [-0.4, -0.2) is 29.6 Å². The third-order valence-corrected chi connectivity index (χ3v) is 6.08. The molecule has 2 nitrogen and oxygen atoms in total. The largest absolute Gasteiger partial charge is 0.353 e. The van der Waals surface area contributed by atoms with E-state index in [4.69, 9.17) is 0 Å². The van der Waals surface area contributed by atoms with E-state index < -0.39 is 0 Å². The first-order chi connectivity index (χ1) is 11.3. The van der Waals surface area contributed by atoms with Gasteiger partial charge in [-0.2, -0.15) is 0 Å². The molecule has 2 heteroatoms. The molecule has 1 N–H and O–H groups in total. The molecule has 5 rings (SSSR count). The molecular formula is C21H23N2+. The predicted molar refractivity (Wildman–Crippen MR) is 94.5 cm³/mol. The van der Waals surface area contributed by atoms with E-state index in [-0.39, 0.29) is 0 Å². The van der Waals surface area contributed by atoms with Crippen molar-refractivity contribution >= 4 is 10.9 Å². The van der Waals surface area contributed by atoms with Gasteiger partial charge < -0.3 is 9.47 Å². The fraction of sp³-hybridized carbons (Fsp3) is 0.333. The van der Waals surface area contributed by atoms with Gasteiger partial charge in [0.1, 0.15) is 0 Å². The van der Waals surface area contributed by atoms with Gasteiger partial charge in [0.25, 0.3) is 0 Å². The normalized spacial score (nSPS) is 26.2. The fourth-order valence-corrected chi connectivity index (χ4v) is 4.92. The van der Waals surface area contributed by atoms with Crippen molar-refractivity contribution in [2.75, 3.05) is 20.1 Å². The summed E-state index contributed by atoms with van der Waals surface area (Å²) < 4.78 is 1.15. The summed E-state index contributed by atoms with van der Waals surface area (Å²) in [4.78, 5) is 3.81. The van der Waals surface area contributed by atoms with Crippen LogP contribution in [0.3, 0.4) is 0 Å². The molecule has 0 saturated heterocycles. The van der Waals surface area contributed by atoms with Crippen LogP contribution in [0.1, 0.15) is 34.8 Å².